The summed E-state index contributed by atoms with van der Waals surface area (Å²) in [4.78, 5) is 7.21. The number of anilines is 1. The van der Waals surface area contributed by atoms with Gasteiger partial charge < -0.3 is 10.2 Å². The fourth-order valence-electron chi connectivity index (χ4n) is 4.29. The number of rotatable bonds is 5. The van der Waals surface area contributed by atoms with Gasteiger partial charge >= 0.3 is 0 Å². The Morgan fingerprint density at radius 1 is 0.967 bits per heavy atom. The molecule has 1 aliphatic rings. The Kier molecular flexibility index (Phi) is 6.40. The number of hydrogen-bond donors (Lipinski definition) is 1. The van der Waals surface area contributed by atoms with Crippen LogP contribution in [0.4, 0.5) is 5.69 Å². The standard InChI is InChI=1S/C26H30ClN3/c1-18-14-22(15-19(2)20(18)3)26-16-21(8-13-29-26)17-30(25-9-11-28-12-10-25)24-6-4-23(27)5-7-24/h4-8,13-16,25,28H,9-12,17H2,1-3H3. The molecule has 4 heteroatoms. The summed E-state index contributed by atoms with van der Waals surface area (Å²) >= 11 is 6.15. The molecule has 2 heterocycles. The molecule has 0 radical (unpaired) electrons. The normalized spacial score (nSPS) is 14.7. The van der Waals surface area contributed by atoms with Gasteiger partial charge in [0, 0.05) is 35.1 Å². The Balaban J connectivity index is 1.65. The van der Waals surface area contributed by atoms with E-state index >= 15 is 0 Å². The molecule has 0 saturated carbocycles. The molecule has 1 saturated heterocycles. The summed E-state index contributed by atoms with van der Waals surface area (Å²) < 4.78 is 0. The summed E-state index contributed by atoms with van der Waals surface area (Å²) in [5.74, 6) is 0. The van der Waals surface area contributed by atoms with Crippen molar-refractivity contribution in [3.05, 3.63) is 82.0 Å². The fourth-order valence-corrected chi connectivity index (χ4v) is 4.42. The number of aryl methyl sites for hydroxylation is 2. The number of benzene rings is 2. The zero-order chi connectivity index (χ0) is 21.1. The highest BCUT2D eigenvalue weighted by Gasteiger charge is 2.22. The van der Waals surface area contributed by atoms with E-state index in [1.807, 2.05) is 18.3 Å². The van der Waals surface area contributed by atoms with Crippen molar-refractivity contribution in [2.45, 2.75) is 46.2 Å². The highest BCUT2D eigenvalue weighted by atomic mass is 35.5. The molecule has 4 rings (SSSR count). The lowest BCUT2D eigenvalue weighted by atomic mass is 9.98. The van der Waals surface area contributed by atoms with Crippen molar-refractivity contribution in [3.8, 4) is 11.3 Å². The van der Waals surface area contributed by atoms with Gasteiger partial charge in [0.15, 0.2) is 0 Å². The van der Waals surface area contributed by atoms with Crippen molar-refractivity contribution in [3.63, 3.8) is 0 Å². The van der Waals surface area contributed by atoms with Crippen LogP contribution in [0, 0.1) is 20.8 Å². The van der Waals surface area contributed by atoms with Crippen LogP contribution in [0.5, 0.6) is 0 Å². The predicted octanol–water partition coefficient (Wildman–Crippen LogP) is 6.09. The quantitative estimate of drug-likeness (QED) is 0.542. The molecule has 30 heavy (non-hydrogen) atoms. The largest absolute Gasteiger partial charge is 0.364 e. The van der Waals surface area contributed by atoms with Gasteiger partial charge in [-0.25, -0.2) is 0 Å². The summed E-state index contributed by atoms with van der Waals surface area (Å²) in [5.41, 5.74) is 8.73. The Labute approximate surface area is 185 Å². The van der Waals surface area contributed by atoms with Crippen LogP contribution < -0.4 is 10.2 Å². The van der Waals surface area contributed by atoms with Crippen LogP contribution in [0.2, 0.25) is 5.02 Å². The van der Waals surface area contributed by atoms with Crippen LogP contribution >= 0.6 is 11.6 Å². The van der Waals surface area contributed by atoms with Crippen molar-refractivity contribution in [1.29, 1.82) is 0 Å². The molecule has 3 aromatic rings. The number of nitrogens with one attached hydrogen (secondary N) is 1. The second kappa shape index (κ2) is 9.20. The van der Waals surface area contributed by atoms with Gasteiger partial charge in [-0.3, -0.25) is 4.98 Å². The Morgan fingerprint density at radius 2 is 1.63 bits per heavy atom. The number of nitrogens with zero attached hydrogens (tertiary/aromatic N) is 2. The maximum atomic E-state index is 6.15. The lowest BCUT2D eigenvalue weighted by Crippen LogP contribution is -2.43. The van der Waals surface area contributed by atoms with Gasteiger partial charge in [0.2, 0.25) is 0 Å². The third-order valence-corrected chi connectivity index (χ3v) is 6.56. The van der Waals surface area contributed by atoms with Crippen molar-refractivity contribution < 1.29 is 0 Å². The van der Waals surface area contributed by atoms with E-state index in [4.69, 9.17) is 11.6 Å². The smallest absolute Gasteiger partial charge is 0.0705 e. The zero-order valence-corrected chi connectivity index (χ0v) is 18.8. The molecule has 2 aromatic carbocycles. The summed E-state index contributed by atoms with van der Waals surface area (Å²) in [5, 5.41) is 4.26. The highest BCUT2D eigenvalue weighted by Crippen LogP contribution is 2.28. The van der Waals surface area contributed by atoms with E-state index in [0.717, 1.165) is 43.2 Å². The van der Waals surface area contributed by atoms with E-state index in [1.54, 1.807) is 0 Å². The zero-order valence-electron chi connectivity index (χ0n) is 18.1. The minimum absolute atomic E-state index is 0.521. The molecule has 1 fully saturated rings. The topological polar surface area (TPSA) is 28.2 Å². The van der Waals surface area contributed by atoms with E-state index in [2.05, 4.69) is 72.4 Å². The summed E-state index contributed by atoms with van der Waals surface area (Å²) in [6, 6.07) is 17.7. The predicted molar refractivity (Wildman–Crippen MR) is 127 cm³/mol. The highest BCUT2D eigenvalue weighted by molar-refractivity contribution is 6.30. The average molecular weight is 420 g/mol. The number of hydrogen-bond acceptors (Lipinski definition) is 3. The lowest BCUT2D eigenvalue weighted by Gasteiger charge is -2.36. The molecule has 156 valence electrons. The molecular weight excluding hydrogens is 390 g/mol. The van der Waals surface area contributed by atoms with Gasteiger partial charge in [0.1, 0.15) is 0 Å². The van der Waals surface area contributed by atoms with Gasteiger partial charge in [-0.05, 0) is 117 Å². The van der Waals surface area contributed by atoms with Gasteiger partial charge in [-0.2, -0.15) is 0 Å². The second-order valence-electron chi connectivity index (χ2n) is 8.37. The molecule has 0 amide bonds. The first-order valence-corrected chi connectivity index (χ1v) is 11.1. The Morgan fingerprint density at radius 3 is 2.30 bits per heavy atom. The Bertz CT molecular complexity index is 984. The summed E-state index contributed by atoms with van der Waals surface area (Å²) in [6.45, 7) is 9.54. The maximum Gasteiger partial charge on any atom is 0.0705 e. The molecular formula is C26H30ClN3. The monoisotopic (exact) mass is 419 g/mol. The minimum Gasteiger partial charge on any atom is -0.364 e. The molecule has 0 atom stereocenters. The molecule has 0 unspecified atom stereocenters. The average Bonchev–Trinajstić information content (AvgIpc) is 2.77. The molecule has 0 bridgehead atoms. The molecule has 1 N–H and O–H groups in total. The van der Waals surface area contributed by atoms with Gasteiger partial charge in [0.25, 0.3) is 0 Å². The van der Waals surface area contributed by atoms with Crippen LogP contribution in [-0.4, -0.2) is 24.1 Å². The first-order valence-electron chi connectivity index (χ1n) is 10.8. The van der Waals surface area contributed by atoms with Crippen LogP contribution in [-0.2, 0) is 6.54 Å². The molecule has 3 nitrogen and oxygen atoms in total. The molecule has 1 aromatic heterocycles. The number of aromatic nitrogens is 1. The molecule has 1 aliphatic heterocycles. The third kappa shape index (κ3) is 4.69. The van der Waals surface area contributed by atoms with E-state index in [0.29, 0.717) is 6.04 Å². The second-order valence-corrected chi connectivity index (χ2v) is 8.81. The third-order valence-electron chi connectivity index (χ3n) is 6.31. The van der Waals surface area contributed by atoms with Crippen LogP contribution in [0.1, 0.15) is 35.1 Å². The minimum atomic E-state index is 0.521. The van der Waals surface area contributed by atoms with E-state index in [-0.39, 0.29) is 0 Å². The van der Waals surface area contributed by atoms with Gasteiger partial charge in [-0.1, -0.05) is 11.6 Å². The molecule has 0 aliphatic carbocycles. The maximum absolute atomic E-state index is 6.15. The summed E-state index contributed by atoms with van der Waals surface area (Å²) in [6.07, 6.45) is 4.24. The van der Waals surface area contributed by atoms with Gasteiger partial charge in [-0.15, -0.1) is 0 Å². The van der Waals surface area contributed by atoms with Crippen molar-refractivity contribution in [1.82, 2.24) is 10.3 Å². The van der Waals surface area contributed by atoms with E-state index in [1.165, 1.54) is 33.5 Å². The summed E-state index contributed by atoms with van der Waals surface area (Å²) in [7, 11) is 0. The SMILES string of the molecule is Cc1cc(-c2cc(CN(c3ccc(Cl)cc3)C3CCNCC3)ccn2)cc(C)c1C. The van der Waals surface area contributed by atoms with Crippen molar-refractivity contribution >= 4 is 17.3 Å². The number of pyridine rings is 1. The van der Waals surface area contributed by atoms with E-state index < -0.39 is 0 Å². The van der Waals surface area contributed by atoms with Crippen molar-refractivity contribution in [2.24, 2.45) is 0 Å². The first-order chi connectivity index (χ1) is 14.5. The van der Waals surface area contributed by atoms with Crippen molar-refractivity contribution in [2.75, 3.05) is 18.0 Å². The van der Waals surface area contributed by atoms with Crippen LogP contribution in [0.3, 0.4) is 0 Å². The number of piperidine rings is 1. The molecule has 0 spiro atoms. The van der Waals surface area contributed by atoms with E-state index in [9.17, 15) is 0 Å². The van der Waals surface area contributed by atoms with Crippen LogP contribution in [0.25, 0.3) is 11.3 Å². The first kappa shape index (κ1) is 20.9. The van der Waals surface area contributed by atoms with Crippen LogP contribution in [0.15, 0.2) is 54.7 Å². The van der Waals surface area contributed by atoms with Gasteiger partial charge in [0.05, 0.1) is 5.69 Å². The number of halogens is 1. The lowest BCUT2D eigenvalue weighted by molar-refractivity contribution is 0.428. The fraction of sp³-hybridized carbons (Fsp3) is 0.346. The Hall–Kier alpha value is -2.36.